The lowest BCUT2D eigenvalue weighted by Gasteiger charge is -2.10. The van der Waals surface area contributed by atoms with E-state index in [1.54, 1.807) is 11.8 Å². The highest BCUT2D eigenvalue weighted by molar-refractivity contribution is 7.99. The third-order valence-electron chi connectivity index (χ3n) is 2.22. The number of anilines is 1. The molecule has 96 valence electrons. The van der Waals surface area contributed by atoms with Gasteiger partial charge in [-0.25, -0.2) is 0 Å². The van der Waals surface area contributed by atoms with E-state index in [1.807, 2.05) is 18.4 Å². The molecule has 1 rings (SSSR count). The monoisotopic (exact) mass is 258 g/mol. The molecule has 0 fully saturated rings. The number of carbonyl (C=O) groups is 1. The highest BCUT2D eigenvalue weighted by atomic mass is 32.2. The molecule has 1 aromatic rings. The Bertz CT molecular complexity index is 378. The van der Waals surface area contributed by atoms with Crippen LogP contribution >= 0.6 is 11.8 Å². The van der Waals surface area contributed by atoms with Crippen LogP contribution in [0.1, 0.15) is 39.2 Å². The summed E-state index contributed by atoms with van der Waals surface area (Å²) in [4.78, 5) is 10.3. The topological polar surface area (TPSA) is 94.0 Å². The summed E-state index contributed by atoms with van der Waals surface area (Å²) in [5.74, 6) is 0.510. The highest BCUT2D eigenvalue weighted by Crippen LogP contribution is 2.23. The van der Waals surface area contributed by atoms with Crippen molar-refractivity contribution in [2.75, 3.05) is 11.5 Å². The van der Waals surface area contributed by atoms with Crippen molar-refractivity contribution in [1.82, 2.24) is 14.8 Å². The number of nitrogens with zero attached hydrogens (tertiary/aromatic N) is 3. The fourth-order valence-corrected chi connectivity index (χ4v) is 2.49. The standard InChI is InChI=1S/C10H18N4O2S/c1-7(2)14-9(11)12-13-10(14)17-6-4-3-5-8(15)16/h7H,3-6H2,1-2H3,(H2,11,12)(H,15,16). The lowest BCUT2D eigenvalue weighted by molar-refractivity contribution is -0.137. The van der Waals surface area contributed by atoms with Crippen molar-refractivity contribution in [3.63, 3.8) is 0 Å². The second-order valence-corrected chi connectivity index (χ2v) is 5.07. The van der Waals surface area contributed by atoms with Crippen LogP contribution in [0.5, 0.6) is 0 Å². The number of thioether (sulfide) groups is 1. The van der Waals surface area contributed by atoms with Crippen LogP contribution in [0.3, 0.4) is 0 Å². The minimum absolute atomic E-state index is 0.222. The van der Waals surface area contributed by atoms with Crippen molar-refractivity contribution < 1.29 is 9.90 Å². The third kappa shape index (κ3) is 4.26. The van der Waals surface area contributed by atoms with E-state index in [0.29, 0.717) is 12.4 Å². The minimum atomic E-state index is -0.746. The first-order valence-corrected chi connectivity index (χ1v) is 6.56. The Kier molecular flexibility index (Phi) is 5.27. The number of aromatic nitrogens is 3. The molecule has 0 aliphatic heterocycles. The molecule has 1 aromatic heterocycles. The summed E-state index contributed by atoms with van der Waals surface area (Å²) < 4.78 is 1.88. The zero-order chi connectivity index (χ0) is 12.8. The minimum Gasteiger partial charge on any atom is -0.481 e. The largest absolute Gasteiger partial charge is 0.481 e. The molecule has 7 heteroatoms. The van der Waals surface area contributed by atoms with Crippen LogP contribution < -0.4 is 5.73 Å². The molecule has 0 aliphatic rings. The Balaban J connectivity index is 2.39. The number of carboxylic acids is 1. The van der Waals surface area contributed by atoms with Crippen LogP contribution in [-0.4, -0.2) is 31.6 Å². The number of unbranched alkanes of at least 4 members (excludes halogenated alkanes) is 1. The third-order valence-corrected chi connectivity index (χ3v) is 3.25. The molecule has 0 aromatic carbocycles. The molecule has 0 saturated heterocycles. The fraction of sp³-hybridized carbons (Fsp3) is 0.700. The molecule has 0 radical (unpaired) electrons. The summed E-state index contributed by atoms with van der Waals surface area (Å²) in [6, 6.07) is 0.228. The summed E-state index contributed by atoms with van der Waals surface area (Å²) >= 11 is 1.56. The van der Waals surface area contributed by atoms with E-state index in [9.17, 15) is 4.79 Å². The molecular formula is C10H18N4O2S. The van der Waals surface area contributed by atoms with Gasteiger partial charge in [0, 0.05) is 18.2 Å². The Morgan fingerprint density at radius 2 is 2.18 bits per heavy atom. The van der Waals surface area contributed by atoms with Gasteiger partial charge < -0.3 is 10.8 Å². The van der Waals surface area contributed by atoms with E-state index >= 15 is 0 Å². The summed E-state index contributed by atoms with van der Waals surface area (Å²) in [7, 11) is 0. The van der Waals surface area contributed by atoms with Gasteiger partial charge in [-0.2, -0.15) is 0 Å². The van der Waals surface area contributed by atoms with Crippen LogP contribution in [0.2, 0.25) is 0 Å². The van der Waals surface area contributed by atoms with Gasteiger partial charge in [-0.1, -0.05) is 11.8 Å². The fourth-order valence-electron chi connectivity index (χ4n) is 1.41. The zero-order valence-corrected chi connectivity index (χ0v) is 10.9. The highest BCUT2D eigenvalue weighted by Gasteiger charge is 2.12. The first kappa shape index (κ1) is 13.8. The van der Waals surface area contributed by atoms with Gasteiger partial charge in [-0.3, -0.25) is 9.36 Å². The lowest BCUT2D eigenvalue weighted by Crippen LogP contribution is -2.07. The van der Waals surface area contributed by atoms with E-state index in [4.69, 9.17) is 10.8 Å². The van der Waals surface area contributed by atoms with Crippen LogP contribution in [0, 0.1) is 0 Å². The van der Waals surface area contributed by atoms with E-state index in [-0.39, 0.29) is 12.5 Å². The van der Waals surface area contributed by atoms with Crippen LogP contribution in [0.25, 0.3) is 0 Å². The number of rotatable bonds is 7. The second kappa shape index (κ2) is 6.48. The molecule has 0 saturated carbocycles. The van der Waals surface area contributed by atoms with Crippen molar-refractivity contribution >= 4 is 23.7 Å². The maximum atomic E-state index is 10.3. The molecule has 3 N–H and O–H groups in total. The molecule has 6 nitrogen and oxygen atoms in total. The van der Waals surface area contributed by atoms with Crippen LogP contribution in [0.4, 0.5) is 5.95 Å². The average molecular weight is 258 g/mol. The first-order valence-electron chi connectivity index (χ1n) is 5.57. The Morgan fingerprint density at radius 3 is 2.76 bits per heavy atom. The van der Waals surface area contributed by atoms with Crippen molar-refractivity contribution in [1.29, 1.82) is 0 Å². The van der Waals surface area contributed by atoms with Crippen molar-refractivity contribution in [2.24, 2.45) is 0 Å². The molecule has 0 atom stereocenters. The predicted octanol–water partition coefficient (Wildman–Crippen LogP) is 1.79. The SMILES string of the molecule is CC(C)n1c(N)nnc1SCCCCC(=O)O. The van der Waals surface area contributed by atoms with Gasteiger partial charge >= 0.3 is 5.97 Å². The number of hydrogen-bond acceptors (Lipinski definition) is 5. The van der Waals surface area contributed by atoms with Gasteiger partial charge in [-0.15, -0.1) is 10.2 Å². The first-order chi connectivity index (χ1) is 8.02. The molecule has 1 heterocycles. The normalized spacial score (nSPS) is 11.0. The molecule has 0 bridgehead atoms. The smallest absolute Gasteiger partial charge is 0.303 e. The van der Waals surface area contributed by atoms with Gasteiger partial charge in [-0.05, 0) is 26.7 Å². The lowest BCUT2D eigenvalue weighted by atomic mass is 10.3. The summed E-state index contributed by atoms with van der Waals surface area (Å²) in [5.41, 5.74) is 5.71. The van der Waals surface area contributed by atoms with Gasteiger partial charge in [0.15, 0.2) is 5.16 Å². The number of hydrogen-bond donors (Lipinski definition) is 2. The molecule has 0 aliphatic carbocycles. The Hall–Kier alpha value is -1.24. The Labute approximate surface area is 105 Å². The predicted molar refractivity (Wildman–Crippen MR) is 67.0 cm³/mol. The van der Waals surface area contributed by atoms with Gasteiger partial charge in [0.25, 0.3) is 0 Å². The number of aliphatic carboxylic acids is 1. The van der Waals surface area contributed by atoms with Crippen molar-refractivity contribution in [3.8, 4) is 0 Å². The molecular weight excluding hydrogens is 240 g/mol. The van der Waals surface area contributed by atoms with Gasteiger partial charge in [0.05, 0.1) is 0 Å². The quantitative estimate of drug-likeness (QED) is 0.572. The number of nitrogen functional groups attached to an aromatic ring is 1. The molecule has 0 amide bonds. The van der Waals surface area contributed by atoms with Crippen LogP contribution in [0.15, 0.2) is 5.16 Å². The average Bonchev–Trinajstić information content (AvgIpc) is 2.59. The van der Waals surface area contributed by atoms with Crippen molar-refractivity contribution in [2.45, 2.75) is 44.3 Å². The van der Waals surface area contributed by atoms with E-state index < -0.39 is 5.97 Å². The molecule has 0 spiro atoms. The second-order valence-electron chi connectivity index (χ2n) is 4.00. The van der Waals surface area contributed by atoms with E-state index in [2.05, 4.69) is 10.2 Å². The summed E-state index contributed by atoms with van der Waals surface area (Å²) in [6.45, 7) is 4.04. The van der Waals surface area contributed by atoms with E-state index in [0.717, 1.165) is 17.3 Å². The van der Waals surface area contributed by atoms with E-state index in [1.165, 1.54) is 0 Å². The van der Waals surface area contributed by atoms with Crippen molar-refractivity contribution in [3.05, 3.63) is 0 Å². The zero-order valence-electron chi connectivity index (χ0n) is 10.1. The maximum absolute atomic E-state index is 10.3. The van der Waals surface area contributed by atoms with Gasteiger partial charge in [0.1, 0.15) is 0 Å². The molecule has 0 unspecified atom stereocenters. The summed E-state index contributed by atoms with van der Waals surface area (Å²) in [5, 5.41) is 17.1. The van der Waals surface area contributed by atoms with Gasteiger partial charge in [0.2, 0.25) is 5.95 Å². The summed E-state index contributed by atoms with van der Waals surface area (Å²) in [6.07, 6.45) is 1.76. The molecule has 17 heavy (non-hydrogen) atoms. The number of nitrogens with two attached hydrogens (primary N) is 1. The van der Waals surface area contributed by atoms with Crippen LogP contribution in [-0.2, 0) is 4.79 Å². The maximum Gasteiger partial charge on any atom is 0.303 e. The Morgan fingerprint density at radius 1 is 1.47 bits per heavy atom. The number of carboxylic acid groups (broad SMARTS) is 1.